The molecule has 2 bridgehead atoms. The summed E-state index contributed by atoms with van der Waals surface area (Å²) in [5.74, 6) is 2.97. The first-order valence-corrected chi connectivity index (χ1v) is 6.25. The van der Waals surface area contributed by atoms with E-state index in [1.165, 1.54) is 38.5 Å². The normalized spacial score (nSPS) is 43.9. The third kappa shape index (κ3) is 0.769. The van der Waals surface area contributed by atoms with Crippen molar-refractivity contribution in [3.05, 3.63) is 22.3 Å². The molecule has 14 heavy (non-hydrogen) atoms. The number of hydrogen-bond acceptors (Lipinski definition) is 0. The molecule has 2 atom stereocenters. The summed E-state index contributed by atoms with van der Waals surface area (Å²) < 4.78 is 0. The second-order valence-electron chi connectivity index (χ2n) is 5.88. The smallest absolute Gasteiger partial charge is 0.00185 e. The maximum atomic E-state index is 2.39. The van der Waals surface area contributed by atoms with Crippen LogP contribution in [0, 0.1) is 17.8 Å². The molecule has 2 saturated carbocycles. The molecule has 2 unspecified atom stereocenters. The van der Waals surface area contributed by atoms with Gasteiger partial charge in [-0.05, 0) is 50.4 Å². The lowest BCUT2D eigenvalue weighted by atomic mass is 9.70. The Kier molecular flexibility index (Phi) is 1.30. The zero-order valence-corrected chi connectivity index (χ0v) is 8.97. The van der Waals surface area contributed by atoms with Crippen molar-refractivity contribution in [2.75, 3.05) is 0 Å². The topological polar surface area (TPSA) is 0 Å². The lowest BCUT2D eigenvalue weighted by Crippen LogP contribution is -2.19. The van der Waals surface area contributed by atoms with Crippen LogP contribution < -0.4 is 0 Å². The fraction of sp³-hybridized carbons (Fsp3) is 0.714. The van der Waals surface area contributed by atoms with Crippen molar-refractivity contribution in [1.82, 2.24) is 0 Å². The summed E-state index contributed by atoms with van der Waals surface area (Å²) in [7, 11) is 0. The van der Waals surface area contributed by atoms with E-state index in [-0.39, 0.29) is 0 Å². The molecule has 2 fully saturated rings. The molecule has 0 radical (unpaired) electrons. The summed E-state index contributed by atoms with van der Waals surface area (Å²) in [6.07, 6.45) is 8.74. The molecule has 0 aromatic rings. The van der Waals surface area contributed by atoms with Crippen LogP contribution in [0.15, 0.2) is 22.3 Å². The predicted molar refractivity (Wildman–Crippen MR) is 57.9 cm³/mol. The van der Waals surface area contributed by atoms with Gasteiger partial charge in [0.25, 0.3) is 0 Å². The van der Waals surface area contributed by atoms with Crippen LogP contribution in [0.5, 0.6) is 0 Å². The highest BCUT2D eigenvalue weighted by Gasteiger charge is 2.46. The predicted octanol–water partition coefficient (Wildman–Crippen LogP) is 3.84. The highest BCUT2D eigenvalue weighted by atomic mass is 14.5. The molecule has 0 amide bonds. The number of rotatable bonds is 0. The second kappa shape index (κ2) is 2.35. The Hall–Kier alpha value is -0.520. The molecular weight excluding hydrogens is 168 g/mol. The molecule has 0 aliphatic heterocycles. The fourth-order valence-electron chi connectivity index (χ4n) is 4.25. The van der Waals surface area contributed by atoms with E-state index in [1.54, 1.807) is 0 Å². The zero-order valence-electron chi connectivity index (χ0n) is 8.97. The van der Waals surface area contributed by atoms with Crippen LogP contribution >= 0.6 is 0 Å². The van der Waals surface area contributed by atoms with Gasteiger partial charge in [-0.1, -0.05) is 29.2 Å². The van der Waals surface area contributed by atoms with Crippen molar-refractivity contribution in [2.45, 2.75) is 45.4 Å². The van der Waals surface area contributed by atoms with Crippen LogP contribution in [0.3, 0.4) is 0 Å². The van der Waals surface area contributed by atoms with Crippen molar-refractivity contribution in [3.8, 4) is 0 Å². The molecule has 4 aliphatic rings. The first kappa shape index (κ1) is 7.73. The Balaban J connectivity index is 1.71. The quantitative estimate of drug-likeness (QED) is 0.504. The summed E-state index contributed by atoms with van der Waals surface area (Å²) in [5.41, 5.74) is 7.56. The van der Waals surface area contributed by atoms with Crippen molar-refractivity contribution in [3.63, 3.8) is 0 Å². The Bertz CT molecular complexity index is 361. The van der Waals surface area contributed by atoms with Gasteiger partial charge in [0.05, 0.1) is 0 Å². The van der Waals surface area contributed by atoms with Gasteiger partial charge in [0.2, 0.25) is 0 Å². The third-order valence-corrected chi connectivity index (χ3v) is 5.04. The van der Waals surface area contributed by atoms with Gasteiger partial charge in [-0.3, -0.25) is 0 Å². The van der Waals surface area contributed by atoms with Crippen molar-refractivity contribution >= 4 is 0 Å². The van der Waals surface area contributed by atoms with Crippen LogP contribution in [0.1, 0.15) is 45.4 Å². The fourth-order valence-corrected chi connectivity index (χ4v) is 4.25. The van der Waals surface area contributed by atoms with Gasteiger partial charge in [0, 0.05) is 5.92 Å². The molecule has 0 N–H and O–H groups in total. The minimum Gasteiger partial charge on any atom is -0.0698 e. The van der Waals surface area contributed by atoms with Gasteiger partial charge in [0.15, 0.2) is 0 Å². The van der Waals surface area contributed by atoms with Crippen LogP contribution in [0.2, 0.25) is 0 Å². The summed E-state index contributed by atoms with van der Waals surface area (Å²) >= 11 is 0. The van der Waals surface area contributed by atoms with Crippen LogP contribution in [0.25, 0.3) is 0 Å². The average Bonchev–Trinajstić information content (AvgIpc) is 2.49. The lowest BCUT2D eigenvalue weighted by molar-refractivity contribution is 0.444. The standard InChI is InChI=1S/C14H18/c1-8-4-9(5-8)13-6-10-7-14(13)12-3-2-11(10)12/h8,10,14H,2-7H2,1H3. The monoisotopic (exact) mass is 186 g/mol. The Labute approximate surface area is 86.1 Å². The molecule has 4 rings (SSSR count). The van der Waals surface area contributed by atoms with Gasteiger partial charge in [-0.15, -0.1) is 0 Å². The van der Waals surface area contributed by atoms with Gasteiger partial charge >= 0.3 is 0 Å². The first-order valence-electron chi connectivity index (χ1n) is 6.25. The summed E-state index contributed by atoms with van der Waals surface area (Å²) in [6, 6.07) is 0. The molecular formula is C14H18. The largest absolute Gasteiger partial charge is 0.0698 e. The highest BCUT2D eigenvalue weighted by molar-refractivity contribution is 5.47. The van der Waals surface area contributed by atoms with Crippen LogP contribution in [0.4, 0.5) is 0 Å². The zero-order chi connectivity index (χ0) is 9.28. The van der Waals surface area contributed by atoms with Crippen molar-refractivity contribution < 1.29 is 0 Å². The Morgan fingerprint density at radius 2 is 1.71 bits per heavy atom. The van der Waals surface area contributed by atoms with E-state index in [4.69, 9.17) is 0 Å². The van der Waals surface area contributed by atoms with Crippen molar-refractivity contribution in [2.24, 2.45) is 17.8 Å². The Morgan fingerprint density at radius 3 is 2.29 bits per heavy atom. The SMILES string of the molecule is CC1CC(=C2CC3CC2C2=C3CC2)C1. The highest BCUT2D eigenvalue weighted by Crippen LogP contribution is 2.61. The number of fused-ring (bicyclic) bond motifs is 4. The number of allylic oxidation sites excluding steroid dienone is 4. The lowest BCUT2D eigenvalue weighted by Gasteiger charge is -2.35. The second-order valence-corrected chi connectivity index (χ2v) is 5.88. The molecule has 74 valence electrons. The minimum absolute atomic E-state index is 0.964. The van der Waals surface area contributed by atoms with Gasteiger partial charge in [-0.2, -0.15) is 0 Å². The maximum Gasteiger partial charge on any atom is 0.00185 e. The molecule has 0 aromatic heterocycles. The van der Waals surface area contributed by atoms with E-state index in [2.05, 4.69) is 6.92 Å². The van der Waals surface area contributed by atoms with Gasteiger partial charge < -0.3 is 0 Å². The minimum atomic E-state index is 0.964. The maximum absolute atomic E-state index is 2.39. The van der Waals surface area contributed by atoms with Crippen LogP contribution in [-0.4, -0.2) is 0 Å². The molecule has 0 nitrogen and oxygen atoms in total. The third-order valence-electron chi connectivity index (χ3n) is 5.04. The molecule has 4 aliphatic carbocycles. The van der Waals surface area contributed by atoms with Gasteiger partial charge in [-0.25, -0.2) is 0 Å². The average molecular weight is 186 g/mol. The molecule has 0 heteroatoms. The molecule has 0 heterocycles. The van der Waals surface area contributed by atoms with E-state index < -0.39 is 0 Å². The molecule has 0 spiro atoms. The number of hydrogen-bond donors (Lipinski definition) is 0. The van der Waals surface area contributed by atoms with Crippen molar-refractivity contribution in [1.29, 1.82) is 0 Å². The Morgan fingerprint density at radius 1 is 0.929 bits per heavy atom. The first-order chi connectivity index (χ1) is 6.83. The summed E-state index contributed by atoms with van der Waals surface area (Å²) in [6.45, 7) is 2.39. The van der Waals surface area contributed by atoms with E-state index in [0.29, 0.717) is 0 Å². The van der Waals surface area contributed by atoms with E-state index in [0.717, 1.165) is 17.8 Å². The van der Waals surface area contributed by atoms with Crippen LogP contribution in [-0.2, 0) is 0 Å². The summed E-state index contributed by atoms with van der Waals surface area (Å²) in [4.78, 5) is 0. The molecule has 0 saturated heterocycles. The van der Waals surface area contributed by atoms with E-state index in [1.807, 2.05) is 22.3 Å². The van der Waals surface area contributed by atoms with E-state index in [9.17, 15) is 0 Å². The molecule has 0 aromatic carbocycles. The van der Waals surface area contributed by atoms with Gasteiger partial charge in [0.1, 0.15) is 0 Å². The summed E-state index contributed by atoms with van der Waals surface area (Å²) in [5, 5.41) is 0. The van der Waals surface area contributed by atoms with E-state index >= 15 is 0 Å².